The lowest BCUT2D eigenvalue weighted by Crippen LogP contribution is -2.24. The summed E-state index contributed by atoms with van der Waals surface area (Å²) in [7, 11) is 0. The summed E-state index contributed by atoms with van der Waals surface area (Å²) >= 11 is 6.04. The van der Waals surface area contributed by atoms with Crippen molar-refractivity contribution in [3.05, 3.63) is 118 Å². The van der Waals surface area contributed by atoms with E-state index in [-0.39, 0.29) is 5.78 Å². The van der Waals surface area contributed by atoms with Gasteiger partial charge >= 0.3 is 5.97 Å². The number of carbonyl (C=O) groups excluding carboxylic acids is 2. The second-order valence-corrected chi connectivity index (χ2v) is 9.93. The van der Waals surface area contributed by atoms with Crippen LogP contribution < -0.4 is 0 Å². The van der Waals surface area contributed by atoms with Crippen LogP contribution >= 0.6 is 11.6 Å². The molecule has 5 nitrogen and oxygen atoms in total. The molecule has 0 amide bonds. The lowest BCUT2D eigenvalue weighted by atomic mass is 10.0. The Morgan fingerprint density at radius 3 is 2.26 bits per heavy atom. The van der Waals surface area contributed by atoms with Crippen molar-refractivity contribution in [3.8, 4) is 16.9 Å². The maximum absolute atomic E-state index is 13.4. The SMILES string of the molecule is Cc1ccc2nc(-c3ccc(-n4c(C)ccc4C)cc3)cc(C(=O)O[C@@H](C)C(=O)c3cccc(Cl)c3)c2c1. The molecule has 0 aliphatic heterocycles. The van der Waals surface area contributed by atoms with Crippen molar-refractivity contribution in [3.63, 3.8) is 0 Å². The van der Waals surface area contributed by atoms with Gasteiger partial charge in [0.25, 0.3) is 0 Å². The fraction of sp³-hybridized carbons (Fsp3) is 0.156. The van der Waals surface area contributed by atoms with Gasteiger partial charge in [-0.05, 0) is 82.3 Å². The molecule has 0 N–H and O–H groups in total. The smallest absolute Gasteiger partial charge is 0.339 e. The number of hydrogen-bond donors (Lipinski definition) is 0. The predicted molar refractivity (Wildman–Crippen MR) is 151 cm³/mol. The van der Waals surface area contributed by atoms with E-state index >= 15 is 0 Å². The Bertz CT molecular complexity index is 1670. The summed E-state index contributed by atoms with van der Waals surface area (Å²) in [5.41, 5.74) is 7.30. The second-order valence-electron chi connectivity index (χ2n) is 9.50. The lowest BCUT2D eigenvalue weighted by molar-refractivity contribution is 0.0320. The van der Waals surface area contributed by atoms with Gasteiger partial charge in [-0.15, -0.1) is 0 Å². The maximum Gasteiger partial charge on any atom is 0.339 e. The van der Waals surface area contributed by atoms with Gasteiger partial charge in [-0.3, -0.25) is 4.79 Å². The van der Waals surface area contributed by atoms with Crippen molar-refractivity contribution < 1.29 is 14.3 Å². The number of benzene rings is 3. The zero-order chi connectivity index (χ0) is 27.0. The average Bonchev–Trinajstić information content (AvgIpc) is 3.25. The third-order valence-corrected chi connectivity index (χ3v) is 6.87. The van der Waals surface area contributed by atoms with Gasteiger partial charge in [-0.25, -0.2) is 9.78 Å². The van der Waals surface area contributed by atoms with Crippen molar-refractivity contribution in [2.24, 2.45) is 0 Å². The highest BCUT2D eigenvalue weighted by Crippen LogP contribution is 2.28. The highest BCUT2D eigenvalue weighted by atomic mass is 35.5. The molecule has 0 unspecified atom stereocenters. The molecule has 1 atom stereocenters. The molecule has 0 saturated heterocycles. The summed E-state index contributed by atoms with van der Waals surface area (Å²) in [4.78, 5) is 31.1. The largest absolute Gasteiger partial charge is 0.451 e. The minimum atomic E-state index is -0.982. The molecule has 0 aliphatic rings. The second kappa shape index (κ2) is 10.3. The number of ether oxygens (including phenoxy) is 1. The zero-order valence-corrected chi connectivity index (χ0v) is 22.4. The van der Waals surface area contributed by atoms with Crippen LogP contribution in [-0.4, -0.2) is 27.4 Å². The van der Waals surface area contributed by atoms with Crippen LogP contribution in [0.15, 0.2) is 84.9 Å². The van der Waals surface area contributed by atoms with E-state index in [9.17, 15) is 9.59 Å². The molecule has 0 aliphatic carbocycles. The molecule has 38 heavy (non-hydrogen) atoms. The van der Waals surface area contributed by atoms with Gasteiger partial charge in [0.05, 0.1) is 16.8 Å². The first kappa shape index (κ1) is 25.4. The maximum atomic E-state index is 13.4. The van der Waals surface area contributed by atoms with E-state index in [0.717, 1.165) is 28.2 Å². The first-order valence-electron chi connectivity index (χ1n) is 12.4. The van der Waals surface area contributed by atoms with Crippen molar-refractivity contribution in [1.82, 2.24) is 9.55 Å². The topological polar surface area (TPSA) is 61.2 Å². The van der Waals surface area contributed by atoms with Crippen LogP contribution in [0.1, 0.15) is 44.6 Å². The van der Waals surface area contributed by atoms with Gasteiger partial charge in [0.1, 0.15) is 0 Å². The fourth-order valence-corrected chi connectivity index (χ4v) is 4.86. The number of esters is 1. The van der Waals surface area contributed by atoms with Crippen LogP contribution in [0.5, 0.6) is 0 Å². The summed E-state index contributed by atoms with van der Waals surface area (Å²) < 4.78 is 7.85. The van der Waals surface area contributed by atoms with Crippen LogP contribution in [0.2, 0.25) is 5.02 Å². The molecule has 190 valence electrons. The number of fused-ring (bicyclic) bond motifs is 1. The Hall–Kier alpha value is -4.22. The van der Waals surface area contributed by atoms with Crippen molar-refractivity contribution in [2.75, 3.05) is 0 Å². The minimum Gasteiger partial charge on any atom is -0.451 e. The highest BCUT2D eigenvalue weighted by Gasteiger charge is 2.23. The summed E-state index contributed by atoms with van der Waals surface area (Å²) in [5.74, 6) is -0.899. The summed E-state index contributed by atoms with van der Waals surface area (Å²) in [6, 6.07) is 26.4. The van der Waals surface area contributed by atoms with E-state index in [1.165, 1.54) is 0 Å². The Morgan fingerprint density at radius 1 is 0.868 bits per heavy atom. The van der Waals surface area contributed by atoms with E-state index in [4.69, 9.17) is 21.3 Å². The first-order chi connectivity index (χ1) is 18.2. The van der Waals surface area contributed by atoms with Crippen LogP contribution in [0.4, 0.5) is 0 Å². The number of aryl methyl sites for hydroxylation is 3. The number of nitrogens with zero attached hydrogens (tertiary/aromatic N) is 2. The summed E-state index contributed by atoms with van der Waals surface area (Å²) in [6.07, 6.45) is -0.982. The summed E-state index contributed by atoms with van der Waals surface area (Å²) in [5, 5.41) is 1.12. The molecule has 2 heterocycles. The highest BCUT2D eigenvalue weighted by molar-refractivity contribution is 6.31. The van der Waals surface area contributed by atoms with Gasteiger partial charge < -0.3 is 9.30 Å². The number of carbonyl (C=O) groups is 2. The van der Waals surface area contributed by atoms with Crippen LogP contribution in [0.3, 0.4) is 0 Å². The number of ketones is 1. The molecule has 5 rings (SSSR count). The van der Waals surface area contributed by atoms with Crippen molar-refractivity contribution in [2.45, 2.75) is 33.8 Å². The fourth-order valence-electron chi connectivity index (χ4n) is 4.67. The third-order valence-electron chi connectivity index (χ3n) is 6.64. The number of Topliss-reactive ketones (excluding diaryl/α,β-unsaturated/α-hetero) is 1. The van der Waals surface area contributed by atoms with Crippen LogP contribution in [-0.2, 0) is 4.74 Å². The normalized spacial score (nSPS) is 11.9. The standard InChI is InChI=1S/C32H27ClN2O3/c1-19-8-15-29-27(16-19)28(32(37)38-22(4)31(36)24-6-5-7-25(33)17-24)18-30(34-29)23-11-13-26(14-12-23)35-20(2)9-10-21(35)3/h5-18,22H,1-4H3/t22-/m0/s1. The van der Waals surface area contributed by atoms with Crippen LogP contribution in [0, 0.1) is 20.8 Å². The Balaban J connectivity index is 1.50. The van der Waals surface area contributed by atoms with E-state index in [0.29, 0.717) is 32.7 Å². The van der Waals surface area contributed by atoms with Gasteiger partial charge in [0.15, 0.2) is 6.10 Å². The molecule has 0 radical (unpaired) electrons. The Kier molecular flexibility index (Phi) is 6.87. The zero-order valence-electron chi connectivity index (χ0n) is 21.7. The van der Waals surface area contributed by atoms with Gasteiger partial charge in [0, 0.05) is 38.6 Å². The Morgan fingerprint density at radius 2 is 1.58 bits per heavy atom. The Labute approximate surface area is 226 Å². The lowest BCUT2D eigenvalue weighted by Gasteiger charge is -2.15. The molecule has 5 aromatic rings. The molecule has 0 spiro atoms. The van der Waals surface area contributed by atoms with E-state index < -0.39 is 12.1 Å². The quantitative estimate of drug-likeness (QED) is 0.169. The molecule has 6 heteroatoms. The van der Waals surface area contributed by atoms with E-state index in [2.05, 4.69) is 30.5 Å². The third kappa shape index (κ3) is 4.98. The number of hydrogen-bond acceptors (Lipinski definition) is 4. The van der Waals surface area contributed by atoms with Gasteiger partial charge in [-0.1, -0.05) is 47.5 Å². The molecule has 3 aromatic carbocycles. The van der Waals surface area contributed by atoms with E-state index in [1.54, 1.807) is 37.3 Å². The summed E-state index contributed by atoms with van der Waals surface area (Å²) in [6.45, 7) is 7.67. The van der Waals surface area contributed by atoms with Crippen molar-refractivity contribution >= 4 is 34.3 Å². The number of rotatable bonds is 6. The molecule has 0 saturated carbocycles. The van der Waals surface area contributed by atoms with Gasteiger partial charge in [-0.2, -0.15) is 0 Å². The number of aromatic nitrogens is 2. The molecule has 0 bridgehead atoms. The first-order valence-corrected chi connectivity index (χ1v) is 12.8. The average molecular weight is 523 g/mol. The molecule has 2 aromatic heterocycles. The van der Waals surface area contributed by atoms with Gasteiger partial charge in [0.2, 0.25) is 5.78 Å². The van der Waals surface area contributed by atoms with Crippen LogP contribution in [0.25, 0.3) is 27.8 Å². The monoisotopic (exact) mass is 522 g/mol. The van der Waals surface area contributed by atoms with E-state index in [1.807, 2.05) is 49.4 Å². The van der Waals surface area contributed by atoms with Crippen molar-refractivity contribution in [1.29, 1.82) is 0 Å². The number of halogens is 1. The molecule has 0 fully saturated rings. The minimum absolute atomic E-state index is 0.318. The molecular weight excluding hydrogens is 496 g/mol. The predicted octanol–water partition coefficient (Wildman–Crippen LogP) is 7.70. The number of pyridine rings is 1. The molecular formula is C32H27ClN2O3.